The van der Waals surface area contributed by atoms with Gasteiger partial charge in [0.15, 0.2) is 28.5 Å². The molecule has 0 spiro atoms. The summed E-state index contributed by atoms with van der Waals surface area (Å²) in [5.41, 5.74) is 3.25. The molecule has 0 radical (unpaired) electrons. The lowest BCUT2D eigenvalue weighted by atomic mass is 10.2. The monoisotopic (exact) mass is 569 g/mol. The molecule has 0 saturated carbocycles. The van der Waals surface area contributed by atoms with E-state index in [9.17, 15) is 8.42 Å². The summed E-state index contributed by atoms with van der Waals surface area (Å²) in [7, 11) is -3.27. The molecule has 2 aromatic carbocycles. The zero-order chi connectivity index (χ0) is 27.0. The van der Waals surface area contributed by atoms with Gasteiger partial charge < -0.3 is 24.3 Å². The first-order chi connectivity index (χ1) is 18.8. The maximum Gasteiger partial charge on any atom is 0.231 e. The number of rotatable bonds is 7. The molecule has 2 aromatic heterocycles. The number of hydrogen-bond acceptors (Lipinski definition) is 9. The summed E-state index contributed by atoms with van der Waals surface area (Å²) in [6.45, 7) is 3.17. The minimum absolute atomic E-state index is 0.220. The Bertz CT molecular complexity index is 1630. The number of sulfonamides is 1. The Labute approximate surface area is 231 Å². The molecule has 11 nitrogen and oxygen atoms in total. The van der Waals surface area contributed by atoms with Gasteiger partial charge in [0, 0.05) is 37.7 Å². The topological polar surface area (TPSA) is 115 Å². The fourth-order valence-corrected chi connectivity index (χ4v) is 5.85. The van der Waals surface area contributed by atoms with E-state index in [1.807, 2.05) is 51.9 Å². The van der Waals surface area contributed by atoms with Gasteiger partial charge in [0.1, 0.15) is 0 Å². The number of ether oxygens (including phenoxy) is 2. The van der Waals surface area contributed by atoms with Crippen LogP contribution in [0.5, 0.6) is 11.5 Å². The van der Waals surface area contributed by atoms with Crippen LogP contribution in [0.1, 0.15) is 17.5 Å². The van der Waals surface area contributed by atoms with E-state index in [0.717, 1.165) is 16.9 Å². The van der Waals surface area contributed by atoms with Gasteiger partial charge in [-0.1, -0.05) is 35.9 Å². The van der Waals surface area contributed by atoms with Crippen LogP contribution in [0.3, 0.4) is 0 Å². The Morgan fingerprint density at radius 2 is 1.87 bits per heavy atom. The van der Waals surface area contributed by atoms with Crippen LogP contribution in [0.2, 0.25) is 5.02 Å². The number of hydrogen-bond donors (Lipinski definition) is 1. The van der Waals surface area contributed by atoms with E-state index in [1.54, 1.807) is 6.33 Å². The Morgan fingerprint density at radius 1 is 1.03 bits per heavy atom. The predicted molar refractivity (Wildman–Crippen MR) is 149 cm³/mol. The van der Waals surface area contributed by atoms with Crippen LogP contribution >= 0.6 is 11.6 Å². The fourth-order valence-electron chi connectivity index (χ4n) is 4.79. The number of imidazole rings is 1. The SMILES string of the molecule is CS(=O)(=O)N1CCCN(c2nc(NCc3ccc4c(c3)OCO4)c3ncn(Cc4ccccc4Cl)c3n2)CC1. The van der Waals surface area contributed by atoms with E-state index in [-0.39, 0.29) is 6.79 Å². The number of aromatic nitrogens is 4. The summed E-state index contributed by atoms with van der Waals surface area (Å²) < 4.78 is 38.7. The minimum Gasteiger partial charge on any atom is -0.454 e. The van der Waals surface area contributed by atoms with E-state index in [4.69, 9.17) is 31.0 Å². The summed E-state index contributed by atoms with van der Waals surface area (Å²) in [6, 6.07) is 13.5. The second-order valence-corrected chi connectivity index (χ2v) is 11.9. The highest BCUT2D eigenvalue weighted by Crippen LogP contribution is 2.33. The Hall–Kier alpha value is -3.61. The van der Waals surface area contributed by atoms with Gasteiger partial charge >= 0.3 is 0 Å². The van der Waals surface area contributed by atoms with Crippen molar-refractivity contribution in [1.29, 1.82) is 0 Å². The van der Waals surface area contributed by atoms with E-state index < -0.39 is 10.0 Å². The third kappa shape index (κ3) is 5.45. The molecule has 0 bridgehead atoms. The summed E-state index contributed by atoms with van der Waals surface area (Å²) in [5.74, 6) is 2.56. The molecule has 4 heterocycles. The molecular weight excluding hydrogens is 542 g/mol. The van der Waals surface area contributed by atoms with Gasteiger partial charge in [0.25, 0.3) is 0 Å². The zero-order valence-electron chi connectivity index (χ0n) is 21.4. The quantitative estimate of drug-likeness (QED) is 0.358. The highest BCUT2D eigenvalue weighted by molar-refractivity contribution is 7.88. The molecule has 204 valence electrons. The van der Waals surface area contributed by atoms with Crippen molar-refractivity contribution < 1.29 is 17.9 Å². The molecule has 39 heavy (non-hydrogen) atoms. The Balaban J connectivity index is 1.34. The number of benzene rings is 2. The van der Waals surface area contributed by atoms with Crippen molar-refractivity contribution in [2.45, 2.75) is 19.5 Å². The van der Waals surface area contributed by atoms with Gasteiger partial charge in [0.2, 0.25) is 22.8 Å². The van der Waals surface area contributed by atoms with Crippen LogP contribution in [-0.2, 0) is 23.1 Å². The van der Waals surface area contributed by atoms with Crippen molar-refractivity contribution >= 4 is 44.6 Å². The maximum absolute atomic E-state index is 12.1. The predicted octanol–water partition coefficient (Wildman–Crippen LogP) is 3.34. The first kappa shape index (κ1) is 25.7. The molecular formula is C26H28ClN7O4S. The summed E-state index contributed by atoms with van der Waals surface area (Å²) in [6.07, 6.45) is 3.66. The van der Waals surface area contributed by atoms with Crippen LogP contribution in [0.25, 0.3) is 11.2 Å². The molecule has 13 heteroatoms. The molecule has 1 fully saturated rings. The number of nitrogens with one attached hydrogen (secondary N) is 1. The van der Waals surface area contributed by atoms with E-state index in [0.29, 0.717) is 79.4 Å². The average Bonchev–Trinajstić information content (AvgIpc) is 3.46. The summed E-state index contributed by atoms with van der Waals surface area (Å²) in [5, 5.41) is 4.10. The smallest absolute Gasteiger partial charge is 0.231 e. The molecule has 2 aliphatic rings. The van der Waals surface area contributed by atoms with Crippen LogP contribution < -0.4 is 19.7 Å². The van der Waals surface area contributed by atoms with E-state index in [2.05, 4.69) is 10.3 Å². The second-order valence-electron chi connectivity index (χ2n) is 9.55. The first-order valence-electron chi connectivity index (χ1n) is 12.6. The van der Waals surface area contributed by atoms with Crippen LogP contribution in [0, 0.1) is 0 Å². The molecule has 4 aromatic rings. The van der Waals surface area contributed by atoms with Gasteiger partial charge in [0.05, 0.1) is 19.1 Å². The minimum atomic E-state index is -3.27. The van der Waals surface area contributed by atoms with Gasteiger partial charge in [-0.3, -0.25) is 0 Å². The Kier molecular flexibility index (Phi) is 6.92. The van der Waals surface area contributed by atoms with Crippen LogP contribution in [-0.4, -0.2) is 71.5 Å². The maximum atomic E-state index is 12.1. The van der Waals surface area contributed by atoms with Crippen molar-refractivity contribution in [3.05, 3.63) is 64.9 Å². The first-order valence-corrected chi connectivity index (χ1v) is 14.9. The number of halogens is 1. The third-order valence-electron chi connectivity index (χ3n) is 6.85. The summed E-state index contributed by atoms with van der Waals surface area (Å²) >= 11 is 6.44. The average molecular weight is 570 g/mol. The molecule has 0 atom stereocenters. The van der Waals surface area contributed by atoms with Gasteiger partial charge in [-0.25, -0.2) is 17.7 Å². The third-order valence-corrected chi connectivity index (χ3v) is 8.53. The lowest BCUT2D eigenvalue weighted by molar-refractivity contribution is 0.174. The molecule has 0 amide bonds. The van der Waals surface area contributed by atoms with Crippen molar-refractivity contribution in [1.82, 2.24) is 23.8 Å². The lowest BCUT2D eigenvalue weighted by Crippen LogP contribution is -2.35. The van der Waals surface area contributed by atoms with Gasteiger partial charge in [-0.05, 0) is 35.7 Å². The molecule has 1 saturated heterocycles. The second kappa shape index (κ2) is 10.5. The van der Waals surface area contributed by atoms with Crippen molar-refractivity contribution in [2.75, 3.05) is 49.4 Å². The van der Waals surface area contributed by atoms with Crippen LogP contribution in [0.4, 0.5) is 11.8 Å². The number of fused-ring (bicyclic) bond motifs is 2. The molecule has 0 aliphatic carbocycles. The highest BCUT2D eigenvalue weighted by Gasteiger charge is 2.24. The summed E-state index contributed by atoms with van der Waals surface area (Å²) in [4.78, 5) is 16.4. The Morgan fingerprint density at radius 3 is 2.72 bits per heavy atom. The highest BCUT2D eigenvalue weighted by atomic mass is 35.5. The molecule has 0 unspecified atom stereocenters. The van der Waals surface area contributed by atoms with Crippen molar-refractivity contribution in [3.8, 4) is 11.5 Å². The molecule has 2 aliphatic heterocycles. The van der Waals surface area contributed by atoms with E-state index in [1.165, 1.54) is 10.6 Å². The largest absolute Gasteiger partial charge is 0.454 e. The van der Waals surface area contributed by atoms with Crippen molar-refractivity contribution in [2.24, 2.45) is 0 Å². The van der Waals surface area contributed by atoms with E-state index >= 15 is 0 Å². The van der Waals surface area contributed by atoms with Crippen molar-refractivity contribution in [3.63, 3.8) is 0 Å². The zero-order valence-corrected chi connectivity index (χ0v) is 23.0. The van der Waals surface area contributed by atoms with Gasteiger partial charge in [-0.15, -0.1) is 0 Å². The molecule has 1 N–H and O–H groups in total. The molecule has 6 rings (SSSR count). The van der Waals surface area contributed by atoms with Crippen LogP contribution in [0.15, 0.2) is 48.8 Å². The normalized spacial score (nSPS) is 16.0. The number of nitrogens with zero attached hydrogens (tertiary/aromatic N) is 6. The number of anilines is 2. The van der Waals surface area contributed by atoms with Gasteiger partial charge in [-0.2, -0.15) is 9.97 Å². The lowest BCUT2D eigenvalue weighted by Gasteiger charge is -2.22. The standard InChI is InChI=1S/C26H28ClN7O4S/c1-39(35,36)34-10-4-9-32(11-12-34)26-30-24(28-14-18-7-8-21-22(13-18)38-17-37-21)23-25(31-26)33(16-29-23)15-19-5-2-3-6-20(19)27/h2-3,5-8,13,16H,4,9-12,14-15,17H2,1H3,(H,28,30,31). The fraction of sp³-hybridized carbons (Fsp3) is 0.346.